The first kappa shape index (κ1) is 12.1. The lowest BCUT2D eigenvalue weighted by atomic mass is 10.2. The molecule has 94 valence electrons. The fraction of sp³-hybridized carbons (Fsp3) is 0.167. The normalized spacial score (nSPS) is 10.1. The fourth-order valence-electron chi connectivity index (χ4n) is 1.50. The van der Waals surface area contributed by atoms with Crippen LogP contribution in [0.25, 0.3) is 0 Å². The van der Waals surface area contributed by atoms with Gasteiger partial charge < -0.3 is 11.1 Å². The van der Waals surface area contributed by atoms with Crippen molar-refractivity contribution in [2.24, 2.45) is 12.8 Å². The summed E-state index contributed by atoms with van der Waals surface area (Å²) in [7, 11) is 1.76. The van der Waals surface area contributed by atoms with Gasteiger partial charge >= 0.3 is 6.03 Å². The Bertz CT molecular complexity index is 532. The van der Waals surface area contributed by atoms with Crippen LogP contribution in [0, 0.1) is 0 Å². The van der Waals surface area contributed by atoms with Crippen molar-refractivity contribution in [2.45, 2.75) is 6.54 Å². The zero-order chi connectivity index (χ0) is 13.0. The first-order chi connectivity index (χ1) is 8.69. The predicted molar refractivity (Wildman–Crippen MR) is 70.2 cm³/mol. The van der Waals surface area contributed by atoms with Gasteiger partial charge in [-0.1, -0.05) is 12.1 Å². The lowest BCUT2D eigenvalue weighted by molar-refractivity contribution is 0.262. The van der Waals surface area contributed by atoms with Crippen LogP contribution in [0.1, 0.15) is 5.56 Å². The molecule has 1 heterocycles. The second kappa shape index (κ2) is 5.33. The summed E-state index contributed by atoms with van der Waals surface area (Å²) in [5, 5.41) is 9.38. The largest absolute Gasteiger partial charge is 0.326 e. The van der Waals surface area contributed by atoms with Crippen LogP contribution in [0.2, 0.25) is 0 Å². The summed E-state index contributed by atoms with van der Waals surface area (Å²) in [6, 6.07) is 8.78. The number of nitrogens with two attached hydrogens (primary N) is 1. The number of aromatic nitrogens is 2. The average molecular weight is 245 g/mol. The highest BCUT2D eigenvalue weighted by atomic mass is 16.2. The average Bonchev–Trinajstić information content (AvgIpc) is 2.76. The van der Waals surface area contributed by atoms with Crippen molar-refractivity contribution in [1.29, 1.82) is 0 Å². The van der Waals surface area contributed by atoms with E-state index in [1.54, 1.807) is 24.0 Å². The molecule has 18 heavy (non-hydrogen) atoms. The third-order valence-corrected chi connectivity index (χ3v) is 2.51. The number of rotatable bonds is 3. The maximum Gasteiger partial charge on any atom is 0.324 e. The Morgan fingerprint density at radius 2 is 2.00 bits per heavy atom. The first-order valence-electron chi connectivity index (χ1n) is 5.54. The molecule has 4 N–H and O–H groups in total. The highest BCUT2D eigenvalue weighted by Crippen LogP contribution is 2.10. The van der Waals surface area contributed by atoms with Gasteiger partial charge in [-0.05, 0) is 17.7 Å². The molecule has 6 heteroatoms. The minimum absolute atomic E-state index is 0.306. The second-order valence-electron chi connectivity index (χ2n) is 3.82. The number of hydrogen-bond donors (Lipinski definition) is 3. The molecule has 2 aromatic rings. The van der Waals surface area contributed by atoms with Crippen molar-refractivity contribution in [1.82, 2.24) is 9.78 Å². The van der Waals surface area contributed by atoms with Gasteiger partial charge in [-0.2, -0.15) is 5.10 Å². The minimum Gasteiger partial charge on any atom is -0.326 e. The summed E-state index contributed by atoms with van der Waals surface area (Å²) < 4.78 is 1.58. The molecule has 0 aliphatic rings. The van der Waals surface area contributed by atoms with Crippen molar-refractivity contribution in [3.63, 3.8) is 0 Å². The Labute approximate surface area is 105 Å². The number of amides is 2. The third kappa shape index (κ3) is 2.86. The molecule has 0 aliphatic heterocycles. The van der Waals surface area contributed by atoms with E-state index in [2.05, 4.69) is 15.7 Å². The predicted octanol–water partition coefficient (Wildman–Crippen LogP) is 1.52. The highest BCUT2D eigenvalue weighted by Gasteiger charge is 2.04. The molecule has 0 fully saturated rings. The van der Waals surface area contributed by atoms with Crippen LogP contribution < -0.4 is 16.4 Å². The summed E-state index contributed by atoms with van der Waals surface area (Å²) in [6.45, 7) is 0.488. The number of hydrogen-bond acceptors (Lipinski definition) is 3. The number of aryl methyl sites for hydroxylation is 1. The number of nitrogens with zero attached hydrogens (tertiary/aromatic N) is 2. The van der Waals surface area contributed by atoms with E-state index in [0.29, 0.717) is 18.1 Å². The topological polar surface area (TPSA) is 85.0 Å². The first-order valence-corrected chi connectivity index (χ1v) is 5.54. The van der Waals surface area contributed by atoms with Crippen LogP contribution in [-0.2, 0) is 13.6 Å². The number of carbonyl (C=O) groups is 1. The van der Waals surface area contributed by atoms with Crippen molar-refractivity contribution in [3.8, 4) is 0 Å². The molecule has 1 aromatic carbocycles. The van der Waals surface area contributed by atoms with Gasteiger partial charge in [-0.15, -0.1) is 0 Å². The van der Waals surface area contributed by atoms with Crippen LogP contribution in [0.3, 0.4) is 0 Å². The van der Waals surface area contributed by atoms with E-state index in [1.807, 2.05) is 24.3 Å². The number of nitrogens with one attached hydrogen (secondary N) is 2. The lowest BCUT2D eigenvalue weighted by Gasteiger charge is -2.08. The van der Waals surface area contributed by atoms with Crippen molar-refractivity contribution in [3.05, 3.63) is 42.1 Å². The quantitative estimate of drug-likeness (QED) is 0.766. The van der Waals surface area contributed by atoms with E-state index in [9.17, 15) is 4.79 Å². The van der Waals surface area contributed by atoms with Crippen LogP contribution >= 0.6 is 0 Å². The zero-order valence-electron chi connectivity index (χ0n) is 10.1. The van der Waals surface area contributed by atoms with E-state index in [1.165, 1.54) is 0 Å². The van der Waals surface area contributed by atoms with Gasteiger partial charge in [0.05, 0.1) is 6.20 Å². The van der Waals surface area contributed by atoms with Crippen molar-refractivity contribution in [2.75, 3.05) is 10.6 Å². The Kier molecular flexibility index (Phi) is 3.59. The molecular formula is C12H15N5O. The van der Waals surface area contributed by atoms with Crippen LogP contribution in [0.4, 0.5) is 16.3 Å². The third-order valence-electron chi connectivity index (χ3n) is 2.51. The highest BCUT2D eigenvalue weighted by molar-refractivity contribution is 5.99. The molecule has 0 radical (unpaired) electrons. The van der Waals surface area contributed by atoms with Gasteiger partial charge in [-0.25, -0.2) is 4.79 Å². The van der Waals surface area contributed by atoms with Gasteiger partial charge in [0.15, 0.2) is 0 Å². The van der Waals surface area contributed by atoms with Crippen LogP contribution in [0.15, 0.2) is 36.5 Å². The Hall–Kier alpha value is -2.34. The summed E-state index contributed by atoms with van der Waals surface area (Å²) in [4.78, 5) is 11.7. The molecule has 0 saturated carbocycles. The summed E-state index contributed by atoms with van der Waals surface area (Å²) in [5.41, 5.74) is 7.23. The zero-order valence-corrected chi connectivity index (χ0v) is 10.1. The van der Waals surface area contributed by atoms with Gasteiger partial charge in [-0.3, -0.25) is 10.00 Å². The van der Waals surface area contributed by atoms with Gasteiger partial charge in [0.1, 0.15) is 5.82 Å². The summed E-state index contributed by atoms with van der Waals surface area (Å²) >= 11 is 0. The summed E-state index contributed by atoms with van der Waals surface area (Å²) in [5.74, 6) is 0.631. The second-order valence-corrected chi connectivity index (χ2v) is 3.82. The molecular weight excluding hydrogens is 230 g/mol. The molecule has 0 bridgehead atoms. The molecule has 1 aromatic heterocycles. The SMILES string of the molecule is Cn1nccc1NC(=O)Nc1ccc(CN)cc1. The molecule has 6 nitrogen and oxygen atoms in total. The van der Waals surface area contributed by atoms with E-state index < -0.39 is 0 Å². The maximum atomic E-state index is 11.7. The van der Waals surface area contributed by atoms with Gasteiger partial charge in [0.25, 0.3) is 0 Å². The van der Waals surface area contributed by atoms with E-state index in [0.717, 1.165) is 5.56 Å². The Balaban J connectivity index is 1.96. The standard InChI is InChI=1S/C12H15N5O/c1-17-11(6-7-14-17)16-12(18)15-10-4-2-9(8-13)3-5-10/h2-7H,8,13H2,1H3,(H2,15,16,18). The summed E-state index contributed by atoms with van der Waals surface area (Å²) in [6.07, 6.45) is 1.62. The Morgan fingerprint density at radius 1 is 1.28 bits per heavy atom. The minimum atomic E-state index is -0.306. The molecule has 0 unspecified atom stereocenters. The van der Waals surface area contributed by atoms with Crippen molar-refractivity contribution < 1.29 is 4.79 Å². The number of urea groups is 1. The van der Waals surface area contributed by atoms with Gasteiger partial charge in [0.2, 0.25) is 0 Å². The molecule has 0 spiro atoms. The van der Waals surface area contributed by atoms with Gasteiger partial charge in [0, 0.05) is 25.3 Å². The smallest absolute Gasteiger partial charge is 0.324 e. The Morgan fingerprint density at radius 3 is 2.56 bits per heavy atom. The maximum absolute atomic E-state index is 11.7. The van der Waals surface area contributed by atoms with E-state index >= 15 is 0 Å². The number of carbonyl (C=O) groups excluding carboxylic acids is 1. The van der Waals surface area contributed by atoms with Crippen LogP contribution in [-0.4, -0.2) is 15.8 Å². The molecule has 0 atom stereocenters. The molecule has 2 rings (SSSR count). The number of anilines is 2. The monoisotopic (exact) mass is 245 g/mol. The lowest BCUT2D eigenvalue weighted by Crippen LogP contribution is -2.21. The van der Waals surface area contributed by atoms with Crippen molar-refractivity contribution >= 4 is 17.5 Å². The number of benzene rings is 1. The molecule has 2 amide bonds. The molecule has 0 saturated heterocycles. The molecule has 0 aliphatic carbocycles. The van der Waals surface area contributed by atoms with E-state index in [-0.39, 0.29) is 6.03 Å². The fourth-order valence-corrected chi connectivity index (χ4v) is 1.50. The van der Waals surface area contributed by atoms with E-state index in [4.69, 9.17) is 5.73 Å². The van der Waals surface area contributed by atoms with Crippen LogP contribution in [0.5, 0.6) is 0 Å².